The molecule has 0 fully saturated rings. The number of aliphatic hydroxyl groups is 1. The lowest BCUT2D eigenvalue weighted by Gasteiger charge is -2.25. The third-order valence-electron chi connectivity index (χ3n) is 3.87. The van der Waals surface area contributed by atoms with Crippen LogP contribution in [0.2, 0.25) is 0 Å². The van der Waals surface area contributed by atoms with Crippen molar-refractivity contribution in [2.24, 2.45) is 0 Å². The first kappa shape index (κ1) is 21.0. The van der Waals surface area contributed by atoms with Gasteiger partial charge in [0.1, 0.15) is 0 Å². The summed E-state index contributed by atoms with van der Waals surface area (Å²) in [5.41, 5.74) is 1.50. The Balaban J connectivity index is 2.05. The van der Waals surface area contributed by atoms with Crippen molar-refractivity contribution in [3.63, 3.8) is 0 Å². The fourth-order valence-corrected chi connectivity index (χ4v) is 2.94. The minimum atomic E-state index is -3.54. The van der Waals surface area contributed by atoms with Crippen molar-refractivity contribution in [2.45, 2.75) is 12.6 Å². The molecule has 0 saturated heterocycles. The highest BCUT2D eigenvalue weighted by Gasteiger charge is 2.16. The standard InChI is InChI=1S/C18H22N2O6S/c1-27(24,25)26-12-11-19(13-15-5-3-2-4-6-15)14-18(21)16-7-9-17(10-8-16)20(22)23/h2-10,18,21H,11-14H2,1H3/t18-/m1/s1. The van der Waals surface area contributed by atoms with Crippen LogP contribution in [0.1, 0.15) is 17.2 Å². The molecule has 0 aromatic heterocycles. The van der Waals surface area contributed by atoms with Gasteiger partial charge in [-0.05, 0) is 23.3 Å². The zero-order valence-corrected chi connectivity index (χ0v) is 15.7. The summed E-state index contributed by atoms with van der Waals surface area (Å²) in [6.45, 7) is 0.989. The van der Waals surface area contributed by atoms with Gasteiger partial charge in [0.2, 0.25) is 0 Å². The van der Waals surface area contributed by atoms with Crippen molar-refractivity contribution in [3.8, 4) is 0 Å². The molecule has 0 saturated carbocycles. The third kappa shape index (κ3) is 7.43. The van der Waals surface area contributed by atoms with Gasteiger partial charge in [0.05, 0.1) is 23.9 Å². The molecule has 1 N–H and O–H groups in total. The Kier molecular flexibility index (Phi) is 7.43. The molecule has 2 aromatic rings. The largest absolute Gasteiger partial charge is 0.387 e. The van der Waals surface area contributed by atoms with Crippen LogP contribution in [0.25, 0.3) is 0 Å². The molecule has 0 bridgehead atoms. The van der Waals surface area contributed by atoms with E-state index in [9.17, 15) is 23.6 Å². The molecule has 0 amide bonds. The van der Waals surface area contributed by atoms with Gasteiger partial charge in [-0.3, -0.25) is 19.2 Å². The number of nitro benzene ring substituents is 1. The van der Waals surface area contributed by atoms with Crippen molar-refractivity contribution < 1.29 is 22.6 Å². The van der Waals surface area contributed by atoms with Gasteiger partial charge in [-0.2, -0.15) is 8.42 Å². The van der Waals surface area contributed by atoms with E-state index >= 15 is 0 Å². The lowest BCUT2D eigenvalue weighted by molar-refractivity contribution is -0.384. The van der Waals surface area contributed by atoms with Gasteiger partial charge < -0.3 is 5.11 Å². The summed E-state index contributed by atoms with van der Waals surface area (Å²) in [4.78, 5) is 12.1. The van der Waals surface area contributed by atoms with Crippen molar-refractivity contribution in [1.29, 1.82) is 0 Å². The van der Waals surface area contributed by atoms with Gasteiger partial charge in [0, 0.05) is 31.8 Å². The van der Waals surface area contributed by atoms with Crippen LogP contribution in [0.3, 0.4) is 0 Å². The Morgan fingerprint density at radius 3 is 2.33 bits per heavy atom. The van der Waals surface area contributed by atoms with Gasteiger partial charge in [-0.15, -0.1) is 0 Å². The Bertz CT molecular complexity index is 840. The van der Waals surface area contributed by atoms with Crippen LogP contribution >= 0.6 is 0 Å². The maximum absolute atomic E-state index is 11.2. The van der Waals surface area contributed by atoms with Gasteiger partial charge in [0.15, 0.2) is 0 Å². The second-order valence-electron chi connectivity index (χ2n) is 6.11. The molecular weight excluding hydrogens is 372 g/mol. The Hall–Kier alpha value is -2.33. The predicted octanol–water partition coefficient (Wildman–Crippen LogP) is 2.11. The number of hydrogen-bond donors (Lipinski definition) is 1. The minimum Gasteiger partial charge on any atom is -0.387 e. The van der Waals surface area contributed by atoms with Crippen LogP contribution in [0, 0.1) is 10.1 Å². The fourth-order valence-electron chi connectivity index (χ4n) is 2.56. The lowest BCUT2D eigenvalue weighted by Crippen LogP contribution is -2.32. The molecule has 0 spiro atoms. The first-order valence-electron chi connectivity index (χ1n) is 8.28. The number of non-ortho nitro benzene ring substituents is 1. The molecule has 0 aliphatic carbocycles. The number of rotatable bonds is 10. The number of aliphatic hydroxyl groups excluding tert-OH is 1. The molecule has 9 heteroatoms. The Morgan fingerprint density at radius 2 is 1.78 bits per heavy atom. The summed E-state index contributed by atoms with van der Waals surface area (Å²) in [5.74, 6) is 0. The average molecular weight is 394 g/mol. The molecule has 0 aliphatic rings. The summed E-state index contributed by atoms with van der Waals surface area (Å²) in [6, 6.07) is 15.3. The summed E-state index contributed by atoms with van der Waals surface area (Å²) in [6.07, 6.45) is 0.105. The van der Waals surface area contributed by atoms with Crippen LogP contribution in [0.5, 0.6) is 0 Å². The van der Waals surface area contributed by atoms with Crippen molar-refractivity contribution in [1.82, 2.24) is 4.90 Å². The van der Waals surface area contributed by atoms with E-state index in [2.05, 4.69) is 0 Å². The molecule has 8 nitrogen and oxygen atoms in total. The molecule has 2 rings (SSSR count). The molecule has 1 atom stereocenters. The van der Waals surface area contributed by atoms with E-state index in [1.807, 2.05) is 35.2 Å². The monoisotopic (exact) mass is 394 g/mol. The first-order valence-corrected chi connectivity index (χ1v) is 10.1. The first-order chi connectivity index (χ1) is 12.7. The van der Waals surface area contributed by atoms with E-state index in [-0.39, 0.29) is 18.8 Å². The molecule has 2 aromatic carbocycles. The zero-order valence-electron chi connectivity index (χ0n) is 14.9. The number of nitrogens with zero attached hydrogens (tertiary/aromatic N) is 2. The van der Waals surface area contributed by atoms with E-state index in [0.717, 1.165) is 11.8 Å². The second kappa shape index (κ2) is 9.56. The van der Waals surface area contributed by atoms with Crippen molar-refractivity contribution in [2.75, 3.05) is 26.0 Å². The number of hydrogen-bond acceptors (Lipinski definition) is 7. The second-order valence-corrected chi connectivity index (χ2v) is 7.76. The molecule has 0 radical (unpaired) electrons. The number of nitro groups is 1. The van der Waals surface area contributed by atoms with Gasteiger partial charge in [-0.25, -0.2) is 0 Å². The van der Waals surface area contributed by atoms with E-state index in [1.165, 1.54) is 24.3 Å². The fraction of sp³-hybridized carbons (Fsp3) is 0.333. The van der Waals surface area contributed by atoms with Gasteiger partial charge in [0.25, 0.3) is 15.8 Å². The van der Waals surface area contributed by atoms with Crippen LogP contribution in [-0.4, -0.2) is 49.3 Å². The van der Waals surface area contributed by atoms with E-state index in [0.29, 0.717) is 18.7 Å². The van der Waals surface area contributed by atoms with Crippen molar-refractivity contribution in [3.05, 3.63) is 75.8 Å². The SMILES string of the molecule is CS(=O)(=O)OCCN(Cc1ccccc1)C[C@@H](O)c1ccc([N+](=O)[O-])cc1. The van der Waals surface area contributed by atoms with Crippen LogP contribution < -0.4 is 0 Å². The van der Waals surface area contributed by atoms with Gasteiger partial charge >= 0.3 is 0 Å². The smallest absolute Gasteiger partial charge is 0.269 e. The summed E-state index contributed by atoms with van der Waals surface area (Å²) in [7, 11) is -3.54. The van der Waals surface area contributed by atoms with E-state index in [4.69, 9.17) is 4.18 Å². The average Bonchev–Trinajstić information content (AvgIpc) is 2.61. The predicted molar refractivity (Wildman–Crippen MR) is 101 cm³/mol. The summed E-state index contributed by atoms with van der Waals surface area (Å²) < 4.78 is 27.1. The van der Waals surface area contributed by atoms with Gasteiger partial charge in [-0.1, -0.05) is 30.3 Å². The van der Waals surface area contributed by atoms with Crippen LogP contribution in [-0.2, 0) is 20.8 Å². The normalized spacial score (nSPS) is 12.9. The molecule has 146 valence electrons. The van der Waals surface area contributed by atoms with E-state index < -0.39 is 21.1 Å². The maximum Gasteiger partial charge on any atom is 0.269 e. The van der Waals surface area contributed by atoms with E-state index in [1.54, 1.807) is 0 Å². The Labute approximate surface area is 158 Å². The highest BCUT2D eigenvalue weighted by atomic mass is 32.2. The number of benzene rings is 2. The molecular formula is C18H22N2O6S. The highest BCUT2D eigenvalue weighted by Crippen LogP contribution is 2.19. The molecule has 0 aliphatic heterocycles. The lowest BCUT2D eigenvalue weighted by atomic mass is 10.1. The zero-order chi connectivity index (χ0) is 19.9. The minimum absolute atomic E-state index is 0.0291. The topological polar surface area (TPSA) is 110 Å². The highest BCUT2D eigenvalue weighted by molar-refractivity contribution is 7.85. The van der Waals surface area contributed by atoms with Crippen LogP contribution in [0.4, 0.5) is 5.69 Å². The van der Waals surface area contributed by atoms with Crippen LogP contribution in [0.15, 0.2) is 54.6 Å². The molecule has 0 heterocycles. The molecule has 0 unspecified atom stereocenters. The summed E-state index contributed by atoms with van der Waals surface area (Å²) in [5, 5.41) is 21.2. The third-order valence-corrected chi connectivity index (χ3v) is 4.47. The quantitative estimate of drug-likeness (QED) is 0.373. The molecule has 27 heavy (non-hydrogen) atoms. The van der Waals surface area contributed by atoms with Crippen molar-refractivity contribution >= 4 is 15.8 Å². The maximum atomic E-state index is 11.2. The Morgan fingerprint density at radius 1 is 1.15 bits per heavy atom. The summed E-state index contributed by atoms with van der Waals surface area (Å²) >= 11 is 0.